The van der Waals surface area contributed by atoms with Crippen LogP contribution in [0.4, 0.5) is 4.39 Å². The molecule has 1 atom stereocenters. The highest BCUT2D eigenvalue weighted by atomic mass is 19.1. The Hall–Kier alpha value is -1.50. The van der Waals surface area contributed by atoms with Gasteiger partial charge < -0.3 is 19.4 Å². The minimum absolute atomic E-state index is 0.196. The van der Waals surface area contributed by atoms with Gasteiger partial charge >= 0.3 is 0 Å². The average molecular weight is 305 g/mol. The van der Waals surface area contributed by atoms with Crippen LogP contribution in [0.3, 0.4) is 0 Å². The molecule has 3 heterocycles. The molecular weight excluding hydrogens is 285 g/mol. The van der Waals surface area contributed by atoms with Gasteiger partial charge in [-0.3, -0.25) is 0 Å². The molecule has 5 nitrogen and oxygen atoms in total. The number of aromatic nitrogens is 2. The summed E-state index contributed by atoms with van der Waals surface area (Å²) in [5.74, 6) is 0.631. The summed E-state index contributed by atoms with van der Waals surface area (Å²) in [7, 11) is 0. The molecule has 1 N–H and O–H groups in total. The van der Waals surface area contributed by atoms with Gasteiger partial charge in [0.15, 0.2) is 0 Å². The van der Waals surface area contributed by atoms with Crippen molar-refractivity contribution in [3.05, 3.63) is 29.8 Å². The Balaban J connectivity index is 1.56. The van der Waals surface area contributed by atoms with Gasteiger partial charge in [-0.25, -0.2) is 9.37 Å². The average Bonchev–Trinajstić information content (AvgIpc) is 2.91. The van der Waals surface area contributed by atoms with Gasteiger partial charge in [0, 0.05) is 31.9 Å². The number of ether oxygens (including phenoxy) is 2. The van der Waals surface area contributed by atoms with Crippen molar-refractivity contribution in [1.82, 2.24) is 14.9 Å². The van der Waals surface area contributed by atoms with Crippen molar-refractivity contribution in [3.8, 4) is 0 Å². The van der Waals surface area contributed by atoms with Crippen LogP contribution in [-0.4, -0.2) is 42.0 Å². The molecule has 2 aliphatic rings. The van der Waals surface area contributed by atoms with Crippen molar-refractivity contribution >= 4 is 11.0 Å². The van der Waals surface area contributed by atoms with Crippen LogP contribution in [0.15, 0.2) is 18.2 Å². The fourth-order valence-corrected chi connectivity index (χ4v) is 3.35. The first-order valence-corrected chi connectivity index (χ1v) is 7.86. The molecule has 1 aromatic carbocycles. The summed E-state index contributed by atoms with van der Waals surface area (Å²) in [5, 5.41) is 3.62. The zero-order chi connectivity index (χ0) is 14.9. The monoisotopic (exact) mass is 305 g/mol. The van der Waals surface area contributed by atoms with E-state index in [-0.39, 0.29) is 11.9 Å². The zero-order valence-electron chi connectivity index (χ0n) is 12.4. The maximum Gasteiger partial charge on any atom is 0.136 e. The van der Waals surface area contributed by atoms with Gasteiger partial charge in [0.25, 0.3) is 0 Å². The number of fused-ring (bicyclic) bond motifs is 3. The maximum atomic E-state index is 13.4. The third-order valence-electron chi connectivity index (χ3n) is 4.49. The summed E-state index contributed by atoms with van der Waals surface area (Å²) in [5.41, 5.74) is 1.69. The Bertz CT molecular complexity index is 667. The highest BCUT2D eigenvalue weighted by Gasteiger charge is 2.25. The first-order chi connectivity index (χ1) is 10.8. The van der Waals surface area contributed by atoms with Gasteiger partial charge in [-0.05, 0) is 25.0 Å². The minimum atomic E-state index is -0.249. The molecule has 1 saturated heterocycles. The van der Waals surface area contributed by atoms with Crippen molar-refractivity contribution in [2.24, 2.45) is 0 Å². The summed E-state index contributed by atoms with van der Waals surface area (Å²) < 4.78 is 26.6. The van der Waals surface area contributed by atoms with Crippen molar-refractivity contribution in [1.29, 1.82) is 0 Å². The predicted octanol–water partition coefficient (Wildman–Crippen LogP) is 2.02. The summed E-state index contributed by atoms with van der Waals surface area (Å²) in [6.45, 7) is 3.64. The summed E-state index contributed by atoms with van der Waals surface area (Å²) >= 11 is 0. The number of rotatable bonds is 3. The van der Waals surface area contributed by atoms with E-state index in [1.54, 1.807) is 0 Å². The number of hydrogen-bond donors (Lipinski definition) is 1. The summed E-state index contributed by atoms with van der Waals surface area (Å²) in [4.78, 5) is 4.51. The van der Waals surface area contributed by atoms with Crippen molar-refractivity contribution in [2.45, 2.75) is 31.5 Å². The lowest BCUT2D eigenvalue weighted by atomic mass is 10.1. The number of imidazole rings is 1. The fraction of sp³-hybridized carbons (Fsp3) is 0.562. The molecule has 1 aromatic heterocycles. The minimum Gasteiger partial charge on any atom is -0.381 e. The van der Waals surface area contributed by atoms with E-state index >= 15 is 0 Å². The molecule has 4 rings (SSSR count). The third kappa shape index (κ3) is 2.62. The van der Waals surface area contributed by atoms with Crippen LogP contribution in [0.5, 0.6) is 0 Å². The first-order valence-electron chi connectivity index (χ1n) is 7.86. The first kappa shape index (κ1) is 14.1. The van der Waals surface area contributed by atoms with Crippen molar-refractivity contribution < 1.29 is 13.9 Å². The second kappa shape index (κ2) is 5.95. The second-order valence-electron chi connectivity index (χ2n) is 5.99. The van der Waals surface area contributed by atoms with Crippen molar-refractivity contribution in [3.63, 3.8) is 0 Å². The van der Waals surface area contributed by atoms with E-state index in [0.717, 1.165) is 43.9 Å². The molecule has 2 aromatic rings. The molecule has 0 unspecified atom stereocenters. The molecule has 0 radical (unpaired) electrons. The summed E-state index contributed by atoms with van der Waals surface area (Å²) in [6, 6.07) is 5.50. The largest absolute Gasteiger partial charge is 0.381 e. The Morgan fingerprint density at radius 3 is 3.00 bits per heavy atom. The summed E-state index contributed by atoms with van der Waals surface area (Å²) in [6.07, 6.45) is 2.10. The topological polar surface area (TPSA) is 48.3 Å². The molecule has 0 amide bonds. The quantitative estimate of drug-likeness (QED) is 0.942. The normalized spacial score (nSPS) is 22.9. The van der Waals surface area contributed by atoms with Gasteiger partial charge in [-0.15, -0.1) is 0 Å². The number of nitrogens with zero attached hydrogens (tertiary/aromatic N) is 2. The highest BCUT2D eigenvalue weighted by Crippen LogP contribution is 2.26. The van der Waals surface area contributed by atoms with Crippen molar-refractivity contribution in [2.75, 3.05) is 26.4 Å². The number of hydrogen-bond acceptors (Lipinski definition) is 4. The fourth-order valence-electron chi connectivity index (χ4n) is 3.35. The standard InChI is InChI=1S/C16H20FN3O2/c17-11-1-2-15-14(7-11)19-16-10-22-9-13(20(15)16)8-18-12-3-5-21-6-4-12/h1-2,7,12-13,18H,3-6,8-10H2/t13-/m0/s1. The third-order valence-corrected chi connectivity index (χ3v) is 4.49. The van der Waals surface area contributed by atoms with E-state index in [1.165, 1.54) is 12.1 Å². The molecule has 22 heavy (non-hydrogen) atoms. The Morgan fingerprint density at radius 2 is 2.14 bits per heavy atom. The Kier molecular flexibility index (Phi) is 3.82. The lowest BCUT2D eigenvalue weighted by Crippen LogP contribution is -2.40. The van der Waals surface area contributed by atoms with E-state index in [4.69, 9.17) is 9.47 Å². The molecule has 0 saturated carbocycles. The molecule has 6 heteroatoms. The molecule has 0 bridgehead atoms. The van der Waals surface area contributed by atoms with Gasteiger partial charge in [0.1, 0.15) is 18.2 Å². The molecule has 2 aliphatic heterocycles. The molecule has 118 valence electrons. The molecule has 0 spiro atoms. The van der Waals surface area contributed by atoms with Gasteiger partial charge in [0.05, 0.1) is 23.7 Å². The molecular formula is C16H20FN3O2. The van der Waals surface area contributed by atoms with Crippen LogP contribution in [0.25, 0.3) is 11.0 Å². The van der Waals surface area contributed by atoms with Gasteiger partial charge in [0.2, 0.25) is 0 Å². The van der Waals surface area contributed by atoms with Crippen LogP contribution in [0.2, 0.25) is 0 Å². The molecule has 0 aliphatic carbocycles. The van der Waals surface area contributed by atoms with Gasteiger partial charge in [-0.1, -0.05) is 0 Å². The van der Waals surface area contributed by atoms with E-state index in [0.29, 0.717) is 24.8 Å². The van der Waals surface area contributed by atoms with Crippen LogP contribution < -0.4 is 5.32 Å². The number of benzene rings is 1. The Labute approximate surface area is 128 Å². The predicted molar refractivity (Wildman–Crippen MR) is 80.2 cm³/mol. The SMILES string of the molecule is Fc1ccc2c(c1)nc1n2[C@@H](CNC2CCOCC2)COC1. The van der Waals surface area contributed by atoms with Gasteiger partial charge in [-0.2, -0.15) is 0 Å². The van der Waals surface area contributed by atoms with E-state index in [9.17, 15) is 4.39 Å². The highest BCUT2D eigenvalue weighted by molar-refractivity contribution is 5.76. The second-order valence-corrected chi connectivity index (χ2v) is 5.99. The van der Waals surface area contributed by atoms with Crippen LogP contribution in [0.1, 0.15) is 24.7 Å². The van der Waals surface area contributed by atoms with Crippen LogP contribution in [0, 0.1) is 5.82 Å². The Morgan fingerprint density at radius 1 is 1.27 bits per heavy atom. The van der Waals surface area contributed by atoms with Crippen LogP contribution in [-0.2, 0) is 16.1 Å². The smallest absolute Gasteiger partial charge is 0.136 e. The zero-order valence-corrected chi connectivity index (χ0v) is 12.4. The van der Waals surface area contributed by atoms with E-state index < -0.39 is 0 Å². The maximum absolute atomic E-state index is 13.4. The lowest BCUT2D eigenvalue weighted by molar-refractivity contribution is 0.0491. The number of halogens is 1. The van der Waals surface area contributed by atoms with E-state index in [2.05, 4.69) is 14.9 Å². The van der Waals surface area contributed by atoms with Crippen LogP contribution >= 0.6 is 0 Å². The number of nitrogens with one attached hydrogen (secondary N) is 1. The lowest BCUT2D eigenvalue weighted by Gasteiger charge is -2.30. The molecule has 1 fully saturated rings. The van der Waals surface area contributed by atoms with E-state index in [1.807, 2.05) is 6.07 Å².